The lowest BCUT2D eigenvalue weighted by atomic mass is 10.1. The molecule has 0 spiro atoms. The van der Waals surface area contributed by atoms with Crippen LogP contribution >= 0.6 is 0 Å². The highest BCUT2D eigenvalue weighted by Gasteiger charge is 2.19. The van der Waals surface area contributed by atoms with E-state index in [-0.39, 0.29) is 16.1 Å². The number of carbonyl (C=O) groups excluding carboxylic acids is 1. The quantitative estimate of drug-likeness (QED) is 0.501. The third-order valence-electron chi connectivity index (χ3n) is 4.52. The molecule has 3 aromatic rings. The van der Waals surface area contributed by atoms with Crippen LogP contribution in [0.4, 0.5) is 11.4 Å². The van der Waals surface area contributed by atoms with E-state index in [1.165, 1.54) is 38.5 Å². The zero-order chi connectivity index (χ0) is 23.1. The number of benzene rings is 3. The molecule has 3 aromatic carbocycles. The molecule has 8 nitrogen and oxygen atoms in total. The highest BCUT2D eigenvalue weighted by Crippen LogP contribution is 2.30. The van der Waals surface area contributed by atoms with Crippen LogP contribution in [0.3, 0.4) is 0 Å². The lowest BCUT2D eigenvalue weighted by Gasteiger charge is -2.15. The molecule has 32 heavy (non-hydrogen) atoms. The lowest BCUT2D eigenvalue weighted by Crippen LogP contribution is -2.19. The number of hydrogen-bond acceptors (Lipinski definition) is 6. The summed E-state index contributed by atoms with van der Waals surface area (Å²) in [7, 11) is -0.919. The molecule has 0 aliphatic carbocycles. The van der Waals surface area contributed by atoms with Gasteiger partial charge in [-0.2, -0.15) is 0 Å². The first kappa shape index (κ1) is 23.0. The molecule has 0 bridgehead atoms. The SMILES string of the molecule is CCOc1ccc(S(=O)(=O)Nc2ccccc2C(=O)Nc2ccc(OC)cc2OC)cc1. The van der Waals surface area contributed by atoms with E-state index in [9.17, 15) is 13.2 Å². The maximum Gasteiger partial charge on any atom is 0.261 e. The van der Waals surface area contributed by atoms with E-state index >= 15 is 0 Å². The van der Waals surface area contributed by atoms with Crippen LogP contribution in [0.2, 0.25) is 0 Å². The van der Waals surface area contributed by atoms with Gasteiger partial charge in [-0.25, -0.2) is 8.42 Å². The fourth-order valence-corrected chi connectivity index (χ4v) is 4.03. The van der Waals surface area contributed by atoms with Crippen LogP contribution in [0.15, 0.2) is 71.6 Å². The number of ether oxygens (including phenoxy) is 3. The summed E-state index contributed by atoms with van der Waals surface area (Å²) < 4.78 is 44.0. The maximum absolute atomic E-state index is 12.9. The molecular weight excluding hydrogens is 432 g/mol. The normalized spacial score (nSPS) is 10.8. The zero-order valence-electron chi connectivity index (χ0n) is 17.9. The van der Waals surface area contributed by atoms with Gasteiger partial charge in [0, 0.05) is 6.07 Å². The number of carbonyl (C=O) groups is 1. The highest BCUT2D eigenvalue weighted by molar-refractivity contribution is 7.92. The number of amides is 1. The summed E-state index contributed by atoms with van der Waals surface area (Å²) in [6, 6.07) is 17.3. The Morgan fingerprint density at radius 3 is 2.22 bits per heavy atom. The zero-order valence-corrected chi connectivity index (χ0v) is 18.7. The van der Waals surface area contributed by atoms with E-state index in [2.05, 4.69) is 10.0 Å². The Labute approximate surface area is 187 Å². The van der Waals surface area contributed by atoms with Gasteiger partial charge >= 0.3 is 0 Å². The van der Waals surface area contributed by atoms with E-state index in [4.69, 9.17) is 14.2 Å². The van der Waals surface area contributed by atoms with Gasteiger partial charge < -0.3 is 19.5 Å². The lowest BCUT2D eigenvalue weighted by molar-refractivity contribution is 0.102. The maximum atomic E-state index is 12.9. The van der Waals surface area contributed by atoms with Crippen LogP contribution in [-0.2, 0) is 10.0 Å². The molecule has 0 atom stereocenters. The molecule has 9 heteroatoms. The van der Waals surface area contributed by atoms with Gasteiger partial charge in [0.15, 0.2) is 0 Å². The van der Waals surface area contributed by atoms with Crippen molar-refractivity contribution in [3.05, 3.63) is 72.3 Å². The van der Waals surface area contributed by atoms with Crippen molar-refractivity contribution in [1.29, 1.82) is 0 Å². The number of sulfonamides is 1. The third-order valence-corrected chi connectivity index (χ3v) is 5.90. The second kappa shape index (κ2) is 10.1. The van der Waals surface area contributed by atoms with E-state index in [0.717, 1.165) is 0 Å². The average Bonchev–Trinajstić information content (AvgIpc) is 2.80. The van der Waals surface area contributed by atoms with Gasteiger partial charge in [0.1, 0.15) is 17.2 Å². The van der Waals surface area contributed by atoms with Gasteiger partial charge in [0.2, 0.25) is 0 Å². The van der Waals surface area contributed by atoms with Crippen LogP contribution in [-0.4, -0.2) is 35.2 Å². The number of nitrogens with one attached hydrogen (secondary N) is 2. The van der Waals surface area contributed by atoms with Crippen LogP contribution in [0.25, 0.3) is 0 Å². The first-order valence-corrected chi connectivity index (χ1v) is 11.2. The average molecular weight is 457 g/mol. The Hall–Kier alpha value is -3.72. The van der Waals surface area contributed by atoms with Crippen molar-refractivity contribution in [3.63, 3.8) is 0 Å². The van der Waals surface area contributed by atoms with E-state index < -0.39 is 15.9 Å². The Balaban J connectivity index is 1.85. The fourth-order valence-electron chi connectivity index (χ4n) is 2.95. The van der Waals surface area contributed by atoms with Crippen molar-refractivity contribution in [2.75, 3.05) is 30.9 Å². The summed E-state index contributed by atoms with van der Waals surface area (Å²) in [6.45, 7) is 2.32. The van der Waals surface area contributed by atoms with Crippen molar-refractivity contribution >= 4 is 27.3 Å². The Kier molecular flexibility index (Phi) is 7.21. The topological polar surface area (TPSA) is 103 Å². The molecule has 0 aliphatic rings. The minimum atomic E-state index is -3.92. The summed E-state index contributed by atoms with van der Waals surface area (Å²) in [6.07, 6.45) is 0. The van der Waals surface area contributed by atoms with Gasteiger partial charge in [-0.15, -0.1) is 0 Å². The van der Waals surface area contributed by atoms with E-state index in [0.29, 0.717) is 29.5 Å². The molecule has 0 saturated heterocycles. The van der Waals surface area contributed by atoms with Crippen molar-refractivity contribution in [1.82, 2.24) is 0 Å². The second-order valence-electron chi connectivity index (χ2n) is 6.58. The van der Waals surface area contributed by atoms with Crippen LogP contribution in [0.5, 0.6) is 17.2 Å². The number of rotatable bonds is 9. The van der Waals surface area contributed by atoms with Crippen LogP contribution in [0.1, 0.15) is 17.3 Å². The summed E-state index contributed by atoms with van der Waals surface area (Å²) in [5.74, 6) is 1.05. The fraction of sp³-hybridized carbons (Fsp3) is 0.174. The number of hydrogen-bond donors (Lipinski definition) is 2. The molecule has 0 aliphatic heterocycles. The number of methoxy groups -OCH3 is 2. The standard InChI is InChI=1S/C23H24N2O6S/c1-4-31-16-9-12-18(13-10-16)32(27,28)25-20-8-6-5-7-19(20)23(26)24-21-14-11-17(29-2)15-22(21)30-3/h5-15,25H,4H2,1-3H3,(H,24,26). The van der Waals surface area contributed by atoms with Gasteiger partial charge in [-0.05, 0) is 55.5 Å². The van der Waals surface area contributed by atoms with Gasteiger partial charge in [-0.1, -0.05) is 12.1 Å². The molecule has 0 aromatic heterocycles. The predicted octanol–water partition coefficient (Wildman–Crippen LogP) is 4.16. The molecule has 1 amide bonds. The predicted molar refractivity (Wildman–Crippen MR) is 122 cm³/mol. The largest absolute Gasteiger partial charge is 0.497 e. The van der Waals surface area contributed by atoms with Gasteiger partial charge in [-0.3, -0.25) is 9.52 Å². The van der Waals surface area contributed by atoms with E-state index in [1.807, 2.05) is 6.92 Å². The molecule has 0 fully saturated rings. The van der Waals surface area contributed by atoms with Crippen molar-refractivity contribution in [2.45, 2.75) is 11.8 Å². The van der Waals surface area contributed by atoms with E-state index in [1.54, 1.807) is 42.5 Å². The molecule has 2 N–H and O–H groups in total. The Bertz CT molecular complexity index is 1190. The van der Waals surface area contributed by atoms with Crippen molar-refractivity contribution in [3.8, 4) is 17.2 Å². The number of anilines is 2. The van der Waals surface area contributed by atoms with Crippen LogP contribution in [0, 0.1) is 0 Å². The molecule has 0 radical (unpaired) electrons. The summed E-state index contributed by atoms with van der Waals surface area (Å²) in [5.41, 5.74) is 0.716. The monoisotopic (exact) mass is 456 g/mol. The summed E-state index contributed by atoms with van der Waals surface area (Å²) in [4.78, 5) is 13.0. The summed E-state index contributed by atoms with van der Waals surface area (Å²) >= 11 is 0. The first-order valence-electron chi connectivity index (χ1n) is 9.76. The second-order valence-corrected chi connectivity index (χ2v) is 8.26. The third kappa shape index (κ3) is 5.30. The van der Waals surface area contributed by atoms with Gasteiger partial charge in [0.25, 0.3) is 15.9 Å². The van der Waals surface area contributed by atoms with Crippen LogP contribution < -0.4 is 24.2 Å². The minimum absolute atomic E-state index is 0.0491. The molecule has 0 heterocycles. The molecule has 3 rings (SSSR count). The summed E-state index contributed by atoms with van der Waals surface area (Å²) in [5, 5.41) is 2.75. The highest BCUT2D eigenvalue weighted by atomic mass is 32.2. The molecule has 168 valence electrons. The molecular formula is C23H24N2O6S. The smallest absolute Gasteiger partial charge is 0.261 e. The van der Waals surface area contributed by atoms with Gasteiger partial charge in [0.05, 0.1) is 42.7 Å². The number of para-hydroxylation sites is 1. The molecule has 0 unspecified atom stereocenters. The molecule has 0 saturated carbocycles. The minimum Gasteiger partial charge on any atom is -0.497 e. The van der Waals surface area contributed by atoms with Crippen molar-refractivity contribution < 1.29 is 27.4 Å². The Morgan fingerprint density at radius 2 is 1.56 bits per heavy atom. The Morgan fingerprint density at radius 1 is 0.875 bits per heavy atom. The first-order chi connectivity index (χ1) is 15.4. The van der Waals surface area contributed by atoms with Crippen molar-refractivity contribution in [2.24, 2.45) is 0 Å².